The lowest BCUT2D eigenvalue weighted by atomic mass is 10.1. The highest BCUT2D eigenvalue weighted by Crippen LogP contribution is 2.47. The number of pyridine rings is 1. The standard InChI is InChI=1S/C27H28FN5O2/c28-25-14-21(32-27(35)24-15-23(24)19-2-1-9-30-16-19)6-3-20(25)17-31-26(34)18-4-7-22(8-5-18)33-12-10-29-11-13-33/h1-9,14,16,23-24,29H,10-13,15,17H2,(H,31,34)(H,32,35)/t23-,24+/m1/s1. The Hall–Kier alpha value is -3.78. The number of benzene rings is 2. The average Bonchev–Trinajstić information content (AvgIpc) is 3.71. The minimum atomic E-state index is -0.475. The molecule has 2 amide bonds. The zero-order valence-electron chi connectivity index (χ0n) is 19.3. The molecule has 1 saturated heterocycles. The van der Waals surface area contributed by atoms with Crippen molar-refractivity contribution in [2.75, 3.05) is 36.4 Å². The van der Waals surface area contributed by atoms with Crippen LogP contribution in [0.1, 0.15) is 33.8 Å². The summed E-state index contributed by atoms with van der Waals surface area (Å²) in [7, 11) is 0. The van der Waals surface area contributed by atoms with Gasteiger partial charge in [-0.15, -0.1) is 0 Å². The molecule has 180 valence electrons. The number of nitrogens with one attached hydrogen (secondary N) is 3. The van der Waals surface area contributed by atoms with Crippen LogP contribution in [0.5, 0.6) is 0 Å². The van der Waals surface area contributed by atoms with E-state index < -0.39 is 5.82 Å². The van der Waals surface area contributed by atoms with E-state index in [-0.39, 0.29) is 30.2 Å². The fraction of sp³-hybridized carbons (Fsp3) is 0.296. The summed E-state index contributed by atoms with van der Waals surface area (Å²) in [6.07, 6.45) is 4.25. The van der Waals surface area contributed by atoms with Gasteiger partial charge in [0.25, 0.3) is 5.91 Å². The zero-order chi connectivity index (χ0) is 24.2. The number of amides is 2. The summed E-state index contributed by atoms with van der Waals surface area (Å²) in [5.74, 6) is -0.822. The van der Waals surface area contributed by atoms with Gasteiger partial charge in [-0.25, -0.2) is 4.39 Å². The first-order valence-electron chi connectivity index (χ1n) is 11.9. The van der Waals surface area contributed by atoms with Gasteiger partial charge in [0.1, 0.15) is 5.82 Å². The van der Waals surface area contributed by atoms with Crippen molar-refractivity contribution in [3.63, 3.8) is 0 Å². The minimum absolute atomic E-state index is 0.0597. The summed E-state index contributed by atoms with van der Waals surface area (Å²) in [6.45, 7) is 3.83. The molecule has 3 N–H and O–H groups in total. The van der Waals surface area contributed by atoms with Crippen LogP contribution in [-0.4, -0.2) is 43.0 Å². The third-order valence-corrected chi connectivity index (χ3v) is 6.61. The first-order chi connectivity index (χ1) is 17.1. The monoisotopic (exact) mass is 473 g/mol. The van der Waals surface area contributed by atoms with Crippen molar-refractivity contribution in [1.82, 2.24) is 15.6 Å². The van der Waals surface area contributed by atoms with Crippen LogP contribution in [0.2, 0.25) is 0 Å². The first-order valence-corrected chi connectivity index (χ1v) is 11.9. The number of hydrogen-bond acceptors (Lipinski definition) is 5. The molecule has 7 nitrogen and oxygen atoms in total. The number of piperazine rings is 1. The van der Waals surface area contributed by atoms with Gasteiger partial charge in [-0.1, -0.05) is 12.1 Å². The maximum atomic E-state index is 14.6. The van der Waals surface area contributed by atoms with E-state index in [4.69, 9.17) is 0 Å². The summed E-state index contributed by atoms with van der Waals surface area (Å²) < 4.78 is 14.6. The van der Waals surface area contributed by atoms with Crippen LogP contribution in [-0.2, 0) is 11.3 Å². The van der Waals surface area contributed by atoms with Gasteiger partial charge in [-0.2, -0.15) is 0 Å². The van der Waals surface area contributed by atoms with Gasteiger partial charge in [0, 0.05) is 73.5 Å². The van der Waals surface area contributed by atoms with Crippen LogP contribution < -0.4 is 20.9 Å². The molecule has 0 unspecified atom stereocenters. The maximum Gasteiger partial charge on any atom is 0.251 e. The number of nitrogens with zero attached hydrogens (tertiary/aromatic N) is 2. The van der Waals surface area contributed by atoms with Crippen LogP contribution in [0, 0.1) is 11.7 Å². The van der Waals surface area contributed by atoms with Gasteiger partial charge in [0.15, 0.2) is 0 Å². The van der Waals surface area contributed by atoms with E-state index in [1.807, 2.05) is 24.3 Å². The van der Waals surface area contributed by atoms with Gasteiger partial charge in [0.05, 0.1) is 0 Å². The number of aromatic nitrogens is 1. The molecule has 35 heavy (non-hydrogen) atoms. The quantitative estimate of drug-likeness (QED) is 0.490. The number of rotatable bonds is 7. The second kappa shape index (κ2) is 10.2. The molecule has 1 saturated carbocycles. The van der Waals surface area contributed by atoms with Crippen molar-refractivity contribution in [2.24, 2.45) is 5.92 Å². The third kappa shape index (κ3) is 5.49. The van der Waals surface area contributed by atoms with E-state index in [0.717, 1.165) is 43.9 Å². The Morgan fingerprint density at radius 2 is 1.89 bits per heavy atom. The van der Waals surface area contributed by atoms with Crippen molar-refractivity contribution in [2.45, 2.75) is 18.9 Å². The lowest BCUT2D eigenvalue weighted by Crippen LogP contribution is -2.43. The molecule has 0 radical (unpaired) electrons. The Morgan fingerprint density at radius 3 is 2.60 bits per heavy atom. The summed E-state index contributed by atoms with van der Waals surface area (Å²) in [5, 5.41) is 8.89. The smallest absolute Gasteiger partial charge is 0.251 e. The van der Waals surface area contributed by atoms with E-state index in [9.17, 15) is 14.0 Å². The Bertz CT molecular complexity index is 1200. The molecular weight excluding hydrogens is 445 g/mol. The van der Waals surface area contributed by atoms with Crippen molar-refractivity contribution >= 4 is 23.2 Å². The van der Waals surface area contributed by atoms with Crippen LogP contribution in [0.25, 0.3) is 0 Å². The van der Waals surface area contributed by atoms with Crippen LogP contribution in [0.15, 0.2) is 67.0 Å². The minimum Gasteiger partial charge on any atom is -0.369 e. The second-order valence-corrected chi connectivity index (χ2v) is 9.00. The number of carbonyl (C=O) groups excluding carboxylic acids is 2. The number of hydrogen-bond donors (Lipinski definition) is 3. The zero-order valence-corrected chi connectivity index (χ0v) is 19.3. The van der Waals surface area contributed by atoms with E-state index in [0.29, 0.717) is 16.8 Å². The van der Waals surface area contributed by atoms with Crippen molar-refractivity contribution in [1.29, 1.82) is 0 Å². The molecule has 1 aliphatic heterocycles. The Balaban J connectivity index is 1.13. The number of anilines is 2. The highest BCUT2D eigenvalue weighted by atomic mass is 19.1. The van der Waals surface area contributed by atoms with Gasteiger partial charge in [0.2, 0.25) is 5.91 Å². The first kappa shape index (κ1) is 23.0. The molecule has 5 rings (SSSR count). The molecule has 8 heteroatoms. The van der Waals surface area contributed by atoms with Gasteiger partial charge in [-0.05, 0) is 60.4 Å². The van der Waals surface area contributed by atoms with Crippen molar-refractivity contribution in [3.05, 3.63) is 89.5 Å². The predicted molar refractivity (Wildman–Crippen MR) is 133 cm³/mol. The molecule has 1 aliphatic carbocycles. The van der Waals surface area contributed by atoms with Crippen LogP contribution in [0.4, 0.5) is 15.8 Å². The molecule has 2 fully saturated rings. The SMILES string of the molecule is O=C(NCc1ccc(NC(=O)[C@H]2C[C@@H]2c2cccnc2)cc1F)c1ccc(N2CCNCC2)cc1. The lowest BCUT2D eigenvalue weighted by Gasteiger charge is -2.29. The third-order valence-electron chi connectivity index (χ3n) is 6.61. The van der Waals surface area contributed by atoms with Gasteiger partial charge in [-0.3, -0.25) is 14.6 Å². The number of halogens is 1. The topological polar surface area (TPSA) is 86.4 Å². The van der Waals surface area contributed by atoms with E-state index in [1.54, 1.807) is 36.7 Å². The molecule has 3 aromatic rings. The second-order valence-electron chi connectivity index (χ2n) is 9.00. The predicted octanol–water partition coefficient (Wildman–Crippen LogP) is 3.30. The van der Waals surface area contributed by atoms with Crippen LogP contribution >= 0.6 is 0 Å². The summed E-state index contributed by atoms with van der Waals surface area (Å²) >= 11 is 0. The summed E-state index contributed by atoms with van der Waals surface area (Å²) in [4.78, 5) is 31.5. The molecule has 2 atom stereocenters. The van der Waals surface area contributed by atoms with Gasteiger partial charge >= 0.3 is 0 Å². The van der Waals surface area contributed by atoms with Crippen molar-refractivity contribution in [3.8, 4) is 0 Å². The molecule has 2 heterocycles. The fourth-order valence-electron chi connectivity index (χ4n) is 4.48. The Morgan fingerprint density at radius 1 is 1.09 bits per heavy atom. The highest BCUT2D eigenvalue weighted by Gasteiger charge is 2.44. The van der Waals surface area contributed by atoms with Gasteiger partial charge < -0.3 is 20.9 Å². The maximum absolute atomic E-state index is 14.6. The molecule has 2 aliphatic rings. The molecule has 0 bridgehead atoms. The highest BCUT2D eigenvalue weighted by molar-refractivity contribution is 5.95. The largest absolute Gasteiger partial charge is 0.369 e. The van der Waals surface area contributed by atoms with E-state index >= 15 is 0 Å². The summed E-state index contributed by atoms with van der Waals surface area (Å²) in [6, 6.07) is 15.8. The Kier molecular flexibility index (Phi) is 6.72. The molecule has 1 aromatic heterocycles. The normalized spacial score (nSPS) is 19.2. The molecular formula is C27H28FN5O2. The Labute approximate surface area is 203 Å². The fourth-order valence-corrected chi connectivity index (χ4v) is 4.48. The van der Waals surface area contributed by atoms with E-state index in [1.165, 1.54) is 6.07 Å². The summed E-state index contributed by atoms with van der Waals surface area (Å²) in [5.41, 5.74) is 3.42. The lowest BCUT2D eigenvalue weighted by molar-refractivity contribution is -0.117. The number of carbonyl (C=O) groups is 2. The molecule has 2 aromatic carbocycles. The van der Waals surface area contributed by atoms with Crippen LogP contribution in [0.3, 0.4) is 0 Å². The van der Waals surface area contributed by atoms with Crippen molar-refractivity contribution < 1.29 is 14.0 Å². The molecule has 0 spiro atoms. The van der Waals surface area contributed by atoms with E-state index in [2.05, 4.69) is 25.8 Å². The average molecular weight is 474 g/mol.